The molecule has 0 radical (unpaired) electrons. The summed E-state index contributed by atoms with van der Waals surface area (Å²) in [5.74, 6) is 0.967. The van der Waals surface area contributed by atoms with Crippen molar-refractivity contribution >= 4 is 0 Å². The van der Waals surface area contributed by atoms with Crippen LogP contribution in [0.4, 0.5) is 0 Å². The first-order chi connectivity index (χ1) is 9.85. The molecular formula is C17H26N2O. The van der Waals surface area contributed by atoms with E-state index in [1.54, 1.807) is 7.11 Å². The van der Waals surface area contributed by atoms with Crippen molar-refractivity contribution in [1.82, 2.24) is 10.2 Å². The second kappa shape index (κ2) is 6.59. The van der Waals surface area contributed by atoms with Gasteiger partial charge in [0.2, 0.25) is 0 Å². The van der Waals surface area contributed by atoms with Crippen LogP contribution in [0.1, 0.15) is 37.7 Å². The normalized spacial score (nSPS) is 23.0. The molecule has 1 saturated heterocycles. The van der Waals surface area contributed by atoms with Crippen LogP contribution in [0.3, 0.4) is 0 Å². The first-order valence-corrected chi connectivity index (χ1v) is 7.95. The zero-order chi connectivity index (χ0) is 13.8. The van der Waals surface area contributed by atoms with Gasteiger partial charge in [0.15, 0.2) is 0 Å². The molecule has 1 atom stereocenters. The van der Waals surface area contributed by atoms with Gasteiger partial charge in [0.05, 0.1) is 7.11 Å². The summed E-state index contributed by atoms with van der Waals surface area (Å²) in [5, 5.41) is 3.67. The molecule has 3 rings (SSSR count). The monoisotopic (exact) mass is 274 g/mol. The maximum absolute atomic E-state index is 5.33. The van der Waals surface area contributed by atoms with Crippen molar-refractivity contribution in [3.8, 4) is 5.75 Å². The molecule has 3 heteroatoms. The van der Waals surface area contributed by atoms with Crippen LogP contribution in [0.5, 0.6) is 5.75 Å². The number of nitrogens with one attached hydrogen (secondary N) is 1. The SMILES string of the molecule is COc1cccc(CN(CC2CCCCN2)C2CC2)c1. The summed E-state index contributed by atoms with van der Waals surface area (Å²) in [6.45, 7) is 3.45. The third-order valence-electron chi connectivity index (χ3n) is 4.45. The van der Waals surface area contributed by atoms with Crippen molar-refractivity contribution in [2.24, 2.45) is 0 Å². The average molecular weight is 274 g/mol. The second-order valence-corrected chi connectivity index (χ2v) is 6.16. The molecule has 110 valence electrons. The molecule has 0 bridgehead atoms. The minimum atomic E-state index is 0.690. The Hall–Kier alpha value is -1.06. The maximum Gasteiger partial charge on any atom is 0.119 e. The molecule has 1 heterocycles. The Morgan fingerprint density at radius 1 is 1.25 bits per heavy atom. The lowest BCUT2D eigenvalue weighted by molar-refractivity contribution is 0.208. The van der Waals surface area contributed by atoms with Gasteiger partial charge in [-0.05, 0) is 49.9 Å². The molecule has 1 aliphatic heterocycles. The topological polar surface area (TPSA) is 24.5 Å². The van der Waals surface area contributed by atoms with E-state index < -0.39 is 0 Å². The quantitative estimate of drug-likeness (QED) is 0.863. The minimum Gasteiger partial charge on any atom is -0.497 e. The van der Waals surface area contributed by atoms with Crippen LogP contribution in [0.15, 0.2) is 24.3 Å². The zero-order valence-corrected chi connectivity index (χ0v) is 12.5. The van der Waals surface area contributed by atoms with Gasteiger partial charge in [-0.15, -0.1) is 0 Å². The molecule has 1 aromatic rings. The van der Waals surface area contributed by atoms with Crippen LogP contribution in [0.2, 0.25) is 0 Å². The molecule has 1 saturated carbocycles. The lowest BCUT2D eigenvalue weighted by Gasteiger charge is -2.30. The van der Waals surface area contributed by atoms with Gasteiger partial charge in [0.1, 0.15) is 5.75 Å². The van der Waals surface area contributed by atoms with Crippen LogP contribution in [-0.2, 0) is 6.54 Å². The molecule has 0 spiro atoms. The third-order valence-corrected chi connectivity index (χ3v) is 4.45. The van der Waals surface area contributed by atoms with Crippen molar-refractivity contribution in [1.29, 1.82) is 0 Å². The Morgan fingerprint density at radius 3 is 2.85 bits per heavy atom. The molecule has 1 aromatic carbocycles. The highest BCUT2D eigenvalue weighted by molar-refractivity contribution is 5.28. The largest absolute Gasteiger partial charge is 0.497 e. The standard InChI is InChI=1S/C17H26N2O/c1-20-17-7-4-5-14(11-17)12-19(16-8-9-16)13-15-6-2-3-10-18-15/h4-5,7,11,15-16,18H,2-3,6,8-10,12-13H2,1H3. The van der Waals surface area contributed by atoms with E-state index in [1.165, 1.54) is 50.8 Å². The van der Waals surface area contributed by atoms with Crippen LogP contribution >= 0.6 is 0 Å². The number of hydrogen-bond acceptors (Lipinski definition) is 3. The number of nitrogens with zero attached hydrogens (tertiary/aromatic N) is 1. The van der Waals surface area contributed by atoms with Gasteiger partial charge >= 0.3 is 0 Å². The Morgan fingerprint density at radius 2 is 2.15 bits per heavy atom. The summed E-state index contributed by atoms with van der Waals surface area (Å²) in [5.41, 5.74) is 1.37. The minimum absolute atomic E-state index is 0.690. The predicted octanol–water partition coefficient (Wildman–Crippen LogP) is 2.80. The number of piperidine rings is 1. The fourth-order valence-electron chi connectivity index (χ4n) is 3.15. The van der Waals surface area contributed by atoms with E-state index >= 15 is 0 Å². The van der Waals surface area contributed by atoms with Crippen LogP contribution in [0.25, 0.3) is 0 Å². The summed E-state index contributed by atoms with van der Waals surface area (Å²) in [6, 6.07) is 10.0. The van der Waals surface area contributed by atoms with Gasteiger partial charge in [-0.3, -0.25) is 4.90 Å². The molecular weight excluding hydrogens is 248 g/mol. The van der Waals surface area contributed by atoms with Gasteiger partial charge < -0.3 is 10.1 Å². The van der Waals surface area contributed by atoms with E-state index in [2.05, 4.69) is 28.4 Å². The molecule has 2 aliphatic rings. The summed E-state index contributed by atoms with van der Waals surface area (Å²) < 4.78 is 5.33. The Kier molecular flexibility index (Phi) is 4.58. The van der Waals surface area contributed by atoms with Crippen molar-refractivity contribution in [2.75, 3.05) is 20.2 Å². The van der Waals surface area contributed by atoms with E-state index in [0.29, 0.717) is 6.04 Å². The summed E-state index contributed by atoms with van der Waals surface area (Å²) in [6.07, 6.45) is 6.81. The first kappa shape index (κ1) is 13.9. The fourth-order valence-corrected chi connectivity index (χ4v) is 3.15. The van der Waals surface area contributed by atoms with Crippen molar-refractivity contribution in [3.05, 3.63) is 29.8 Å². The molecule has 0 amide bonds. The number of ether oxygens (including phenoxy) is 1. The summed E-state index contributed by atoms with van der Waals surface area (Å²) in [4.78, 5) is 2.66. The van der Waals surface area contributed by atoms with Crippen molar-refractivity contribution in [2.45, 2.75) is 50.7 Å². The van der Waals surface area contributed by atoms with Crippen LogP contribution in [-0.4, -0.2) is 37.2 Å². The fraction of sp³-hybridized carbons (Fsp3) is 0.647. The molecule has 0 aromatic heterocycles. The van der Waals surface area contributed by atoms with E-state index in [-0.39, 0.29) is 0 Å². The molecule has 2 fully saturated rings. The average Bonchev–Trinajstić information content (AvgIpc) is 3.33. The lowest BCUT2D eigenvalue weighted by atomic mass is 10.0. The predicted molar refractivity (Wildman–Crippen MR) is 82.1 cm³/mol. The second-order valence-electron chi connectivity index (χ2n) is 6.16. The van der Waals surface area contributed by atoms with Crippen molar-refractivity contribution < 1.29 is 4.74 Å². The van der Waals surface area contributed by atoms with Gasteiger partial charge in [-0.2, -0.15) is 0 Å². The molecule has 1 N–H and O–H groups in total. The number of hydrogen-bond donors (Lipinski definition) is 1. The Bertz CT molecular complexity index is 425. The van der Waals surface area contributed by atoms with Gasteiger partial charge in [0, 0.05) is 25.2 Å². The highest BCUT2D eigenvalue weighted by atomic mass is 16.5. The van der Waals surface area contributed by atoms with Gasteiger partial charge in [0.25, 0.3) is 0 Å². The highest BCUT2D eigenvalue weighted by Gasteiger charge is 2.30. The molecule has 1 aliphatic carbocycles. The first-order valence-electron chi connectivity index (χ1n) is 7.95. The zero-order valence-electron chi connectivity index (χ0n) is 12.5. The van der Waals surface area contributed by atoms with E-state index in [4.69, 9.17) is 4.74 Å². The molecule has 20 heavy (non-hydrogen) atoms. The number of methoxy groups -OCH3 is 1. The Balaban J connectivity index is 1.61. The third kappa shape index (κ3) is 3.74. The van der Waals surface area contributed by atoms with E-state index in [9.17, 15) is 0 Å². The van der Waals surface area contributed by atoms with E-state index in [1.807, 2.05) is 6.07 Å². The molecule has 1 unspecified atom stereocenters. The van der Waals surface area contributed by atoms with E-state index in [0.717, 1.165) is 18.3 Å². The highest BCUT2D eigenvalue weighted by Crippen LogP contribution is 2.29. The summed E-state index contributed by atoms with van der Waals surface area (Å²) in [7, 11) is 1.74. The number of rotatable bonds is 6. The van der Waals surface area contributed by atoms with Crippen LogP contribution in [0, 0.1) is 0 Å². The molecule has 3 nitrogen and oxygen atoms in total. The smallest absolute Gasteiger partial charge is 0.119 e. The Labute approximate surface area is 122 Å². The van der Waals surface area contributed by atoms with Crippen LogP contribution < -0.4 is 10.1 Å². The number of benzene rings is 1. The maximum atomic E-state index is 5.33. The lowest BCUT2D eigenvalue weighted by Crippen LogP contribution is -2.44. The van der Waals surface area contributed by atoms with Crippen molar-refractivity contribution in [3.63, 3.8) is 0 Å². The summed E-state index contributed by atoms with van der Waals surface area (Å²) >= 11 is 0. The van der Waals surface area contributed by atoms with Gasteiger partial charge in [-0.1, -0.05) is 18.6 Å². The van der Waals surface area contributed by atoms with Gasteiger partial charge in [-0.25, -0.2) is 0 Å².